The number of nitrogens with zero attached hydrogens (tertiary/aromatic N) is 1. The molecular weight excluding hydrogens is 377 g/mol. The summed E-state index contributed by atoms with van der Waals surface area (Å²) < 4.78 is 13.5. The highest BCUT2D eigenvalue weighted by Gasteiger charge is 2.30. The van der Waals surface area contributed by atoms with Crippen LogP contribution in [0.2, 0.25) is 0 Å². The summed E-state index contributed by atoms with van der Waals surface area (Å²) in [5.74, 6) is -0.323. The number of para-hydroxylation sites is 1. The third kappa shape index (κ3) is 3.31. The Bertz CT molecular complexity index is 1270. The molecule has 0 spiro atoms. The highest BCUT2D eigenvalue weighted by atomic mass is 19.1. The molecule has 1 atom stereocenters. The van der Waals surface area contributed by atoms with Crippen LogP contribution in [0.25, 0.3) is 22.2 Å². The van der Waals surface area contributed by atoms with Gasteiger partial charge in [-0.25, -0.2) is 14.2 Å². The molecule has 0 unspecified atom stereocenters. The van der Waals surface area contributed by atoms with E-state index in [0.29, 0.717) is 5.70 Å². The van der Waals surface area contributed by atoms with Gasteiger partial charge >= 0.3 is 6.03 Å². The van der Waals surface area contributed by atoms with Crippen molar-refractivity contribution in [3.63, 3.8) is 0 Å². The van der Waals surface area contributed by atoms with Crippen molar-refractivity contribution in [1.29, 1.82) is 0 Å². The molecule has 2 N–H and O–H groups in total. The standard InChI is InChI=1S/C25H18FN3O/c26-19-13-10-18(11-14-19)24-22(21-15-12-16-6-4-5-9-20(16)27-21)23(28-25(30)29-24)17-7-2-1-3-8-17/h1-15,24H,(H2,28,29,30)/t24-/m1/s1. The molecule has 30 heavy (non-hydrogen) atoms. The summed E-state index contributed by atoms with van der Waals surface area (Å²) in [5, 5.41) is 6.97. The fraction of sp³-hybridized carbons (Fsp3) is 0.0400. The van der Waals surface area contributed by atoms with Gasteiger partial charge in [0.25, 0.3) is 0 Å². The molecule has 3 aromatic carbocycles. The Balaban J connectivity index is 1.76. The van der Waals surface area contributed by atoms with E-state index in [9.17, 15) is 9.18 Å². The van der Waals surface area contributed by atoms with E-state index in [1.54, 1.807) is 12.1 Å². The maximum atomic E-state index is 13.5. The molecule has 1 aliphatic rings. The smallest absolute Gasteiger partial charge is 0.320 e. The zero-order valence-corrected chi connectivity index (χ0v) is 16.0. The minimum atomic E-state index is -0.469. The monoisotopic (exact) mass is 395 g/mol. The number of carbonyl (C=O) groups excluding carboxylic acids is 1. The Labute approximate surface area is 173 Å². The minimum Gasteiger partial charge on any atom is -0.327 e. The van der Waals surface area contributed by atoms with Gasteiger partial charge in [0.1, 0.15) is 5.82 Å². The lowest BCUT2D eigenvalue weighted by molar-refractivity contribution is 0.242. The predicted molar refractivity (Wildman–Crippen MR) is 116 cm³/mol. The van der Waals surface area contributed by atoms with Crippen LogP contribution in [0, 0.1) is 5.82 Å². The van der Waals surface area contributed by atoms with Crippen LogP contribution in [0.15, 0.2) is 91.0 Å². The summed E-state index contributed by atoms with van der Waals surface area (Å²) in [4.78, 5) is 17.4. The molecule has 4 nitrogen and oxygen atoms in total. The van der Waals surface area contributed by atoms with Crippen molar-refractivity contribution in [1.82, 2.24) is 15.6 Å². The van der Waals surface area contributed by atoms with E-state index in [2.05, 4.69) is 10.6 Å². The first-order valence-electron chi connectivity index (χ1n) is 9.68. The van der Waals surface area contributed by atoms with E-state index >= 15 is 0 Å². The predicted octanol–water partition coefficient (Wildman–Crippen LogP) is 5.30. The molecule has 2 amide bonds. The second-order valence-corrected chi connectivity index (χ2v) is 7.13. The van der Waals surface area contributed by atoms with Gasteiger partial charge in [-0.3, -0.25) is 0 Å². The normalized spacial score (nSPS) is 16.3. The summed E-state index contributed by atoms with van der Waals surface area (Å²) in [6.45, 7) is 0. The Morgan fingerprint density at radius 2 is 1.53 bits per heavy atom. The number of nitrogens with one attached hydrogen (secondary N) is 2. The lowest BCUT2D eigenvalue weighted by atomic mass is 9.90. The van der Waals surface area contributed by atoms with Gasteiger partial charge in [0.05, 0.1) is 22.9 Å². The molecule has 1 aliphatic heterocycles. The average molecular weight is 395 g/mol. The van der Waals surface area contributed by atoms with Crippen LogP contribution in [0.5, 0.6) is 0 Å². The molecule has 0 bridgehead atoms. The number of fused-ring (bicyclic) bond motifs is 1. The number of halogens is 1. The molecule has 0 radical (unpaired) electrons. The van der Waals surface area contributed by atoms with Crippen LogP contribution in [0.1, 0.15) is 22.9 Å². The van der Waals surface area contributed by atoms with E-state index in [-0.39, 0.29) is 11.8 Å². The van der Waals surface area contributed by atoms with Gasteiger partial charge in [-0.1, -0.05) is 66.7 Å². The molecule has 0 saturated heterocycles. The minimum absolute atomic E-state index is 0.312. The second kappa shape index (κ2) is 7.44. The molecule has 0 aliphatic carbocycles. The summed E-state index contributed by atoms with van der Waals surface area (Å²) in [6, 6.07) is 26.9. The molecule has 146 valence electrons. The Morgan fingerprint density at radius 3 is 2.33 bits per heavy atom. The number of hydrogen-bond donors (Lipinski definition) is 2. The van der Waals surface area contributed by atoms with Crippen molar-refractivity contribution in [2.45, 2.75) is 6.04 Å². The number of pyridine rings is 1. The largest absolute Gasteiger partial charge is 0.327 e. The Kier molecular flexibility index (Phi) is 4.48. The van der Waals surface area contributed by atoms with Crippen molar-refractivity contribution in [2.75, 3.05) is 0 Å². The van der Waals surface area contributed by atoms with E-state index in [0.717, 1.165) is 33.3 Å². The van der Waals surface area contributed by atoms with Gasteiger partial charge in [-0.05, 0) is 35.4 Å². The van der Waals surface area contributed by atoms with Crippen LogP contribution in [-0.4, -0.2) is 11.0 Å². The number of carbonyl (C=O) groups is 1. The number of rotatable bonds is 3. The molecule has 5 heteroatoms. The zero-order valence-electron chi connectivity index (χ0n) is 16.0. The number of urea groups is 1. The van der Waals surface area contributed by atoms with Crippen molar-refractivity contribution in [2.24, 2.45) is 0 Å². The highest BCUT2D eigenvalue weighted by molar-refractivity contribution is 6.03. The Hall–Kier alpha value is -3.99. The summed E-state index contributed by atoms with van der Waals surface area (Å²) >= 11 is 0. The maximum absolute atomic E-state index is 13.5. The fourth-order valence-corrected chi connectivity index (χ4v) is 3.79. The summed E-state index contributed by atoms with van der Waals surface area (Å²) in [7, 11) is 0. The summed E-state index contributed by atoms with van der Waals surface area (Å²) in [6.07, 6.45) is 0. The Morgan fingerprint density at radius 1 is 0.800 bits per heavy atom. The maximum Gasteiger partial charge on any atom is 0.320 e. The first-order valence-corrected chi connectivity index (χ1v) is 9.68. The second-order valence-electron chi connectivity index (χ2n) is 7.13. The molecule has 0 saturated carbocycles. The SMILES string of the molecule is O=C1NC(c2ccccc2)=C(c2ccc3ccccc3n2)[C@@H](c2ccc(F)cc2)N1. The van der Waals surface area contributed by atoms with E-state index in [4.69, 9.17) is 4.98 Å². The van der Waals surface area contributed by atoms with Crippen LogP contribution >= 0.6 is 0 Å². The van der Waals surface area contributed by atoms with Crippen LogP contribution < -0.4 is 10.6 Å². The third-order valence-electron chi connectivity index (χ3n) is 5.21. The van der Waals surface area contributed by atoms with E-state index in [1.807, 2.05) is 66.7 Å². The lowest BCUT2D eigenvalue weighted by Gasteiger charge is -2.30. The topological polar surface area (TPSA) is 54.0 Å². The van der Waals surface area contributed by atoms with Crippen LogP contribution in [0.4, 0.5) is 9.18 Å². The van der Waals surface area contributed by atoms with Crippen LogP contribution in [-0.2, 0) is 0 Å². The molecule has 1 aromatic heterocycles. The number of aromatic nitrogens is 1. The van der Waals surface area contributed by atoms with Gasteiger partial charge in [0.2, 0.25) is 0 Å². The number of hydrogen-bond acceptors (Lipinski definition) is 2. The average Bonchev–Trinajstić information content (AvgIpc) is 2.79. The molecular formula is C25H18FN3O. The number of benzene rings is 3. The molecule has 4 aromatic rings. The van der Waals surface area contributed by atoms with Gasteiger partial charge in [0, 0.05) is 11.0 Å². The van der Waals surface area contributed by atoms with Crippen molar-refractivity contribution >= 4 is 28.2 Å². The quantitative estimate of drug-likeness (QED) is 0.495. The highest BCUT2D eigenvalue weighted by Crippen LogP contribution is 2.37. The van der Waals surface area contributed by atoms with Gasteiger partial charge in [-0.2, -0.15) is 0 Å². The van der Waals surface area contributed by atoms with E-state index < -0.39 is 6.04 Å². The fourth-order valence-electron chi connectivity index (χ4n) is 3.79. The zero-order chi connectivity index (χ0) is 20.5. The van der Waals surface area contributed by atoms with E-state index in [1.165, 1.54) is 12.1 Å². The van der Waals surface area contributed by atoms with Crippen LogP contribution in [0.3, 0.4) is 0 Å². The molecule has 0 fully saturated rings. The first-order chi connectivity index (χ1) is 14.7. The van der Waals surface area contributed by atoms with Gasteiger partial charge < -0.3 is 10.6 Å². The summed E-state index contributed by atoms with van der Waals surface area (Å²) in [5.41, 5.74) is 4.79. The van der Waals surface area contributed by atoms with Crippen molar-refractivity contribution in [3.8, 4) is 0 Å². The number of amides is 2. The first kappa shape index (κ1) is 18.1. The lowest BCUT2D eigenvalue weighted by Crippen LogP contribution is -2.43. The van der Waals surface area contributed by atoms with Gasteiger partial charge in [-0.15, -0.1) is 0 Å². The molecule has 5 rings (SSSR count). The van der Waals surface area contributed by atoms with Crippen molar-refractivity contribution in [3.05, 3.63) is 114 Å². The van der Waals surface area contributed by atoms with Gasteiger partial charge in [0.15, 0.2) is 0 Å². The molecule has 2 heterocycles. The third-order valence-corrected chi connectivity index (χ3v) is 5.21. The van der Waals surface area contributed by atoms with Crippen molar-refractivity contribution < 1.29 is 9.18 Å².